The minimum absolute atomic E-state index is 0.124. The predicted molar refractivity (Wildman–Crippen MR) is 73.8 cm³/mol. The van der Waals surface area contributed by atoms with E-state index in [-0.39, 0.29) is 12.0 Å². The summed E-state index contributed by atoms with van der Waals surface area (Å²) in [6.45, 7) is 6.13. The summed E-state index contributed by atoms with van der Waals surface area (Å²) in [5.74, 6) is -0.736. The Morgan fingerprint density at radius 3 is 2.26 bits per heavy atom. The van der Waals surface area contributed by atoms with Crippen molar-refractivity contribution in [2.24, 2.45) is 11.1 Å². The molecular formula is C14H20N2O3. The number of carbonyl (C=O) groups is 2. The van der Waals surface area contributed by atoms with Crippen molar-refractivity contribution < 1.29 is 14.3 Å². The predicted octanol–water partition coefficient (Wildman–Crippen LogP) is 2.16. The average Bonchev–Trinajstić information content (AvgIpc) is 2.35. The van der Waals surface area contributed by atoms with Gasteiger partial charge in [0.2, 0.25) is 0 Å². The number of anilines is 1. The van der Waals surface area contributed by atoms with Gasteiger partial charge in [0.25, 0.3) is 0 Å². The van der Waals surface area contributed by atoms with Gasteiger partial charge in [-0.15, -0.1) is 0 Å². The molecule has 0 fully saturated rings. The topological polar surface area (TPSA) is 72.6 Å². The van der Waals surface area contributed by atoms with Crippen LogP contribution in [0.1, 0.15) is 20.8 Å². The van der Waals surface area contributed by atoms with Crippen molar-refractivity contribution in [3.63, 3.8) is 0 Å². The van der Waals surface area contributed by atoms with E-state index in [1.807, 2.05) is 39.0 Å². The van der Waals surface area contributed by atoms with Crippen molar-refractivity contribution in [3.8, 4) is 0 Å². The minimum Gasteiger partial charge on any atom is -0.375 e. The zero-order valence-corrected chi connectivity index (χ0v) is 11.6. The largest absolute Gasteiger partial charge is 0.422 e. The number of nitrogens with two attached hydrogens (primary N) is 1. The Labute approximate surface area is 113 Å². The summed E-state index contributed by atoms with van der Waals surface area (Å²) in [7, 11) is 0. The Hall–Kier alpha value is -1.88. The lowest BCUT2D eigenvalue weighted by atomic mass is 9.96. The molecule has 0 aliphatic carbocycles. The minimum atomic E-state index is -0.736. The van der Waals surface area contributed by atoms with E-state index in [1.54, 1.807) is 12.1 Å². The fourth-order valence-electron chi connectivity index (χ4n) is 1.54. The molecule has 0 aliphatic heterocycles. The fraction of sp³-hybridized carbons (Fsp3) is 0.429. The van der Waals surface area contributed by atoms with Gasteiger partial charge in [-0.05, 0) is 17.5 Å². The number of rotatable bonds is 3. The molecule has 0 atom stereocenters. The van der Waals surface area contributed by atoms with Gasteiger partial charge in [0.1, 0.15) is 0 Å². The molecule has 5 nitrogen and oxygen atoms in total. The second-order valence-electron chi connectivity index (χ2n) is 5.43. The SMILES string of the molecule is CC(C)(C)CN(C(=O)OC(=O)CN)c1ccccc1. The van der Waals surface area contributed by atoms with Crippen LogP contribution >= 0.6 is 0 Å². The van der Waals surface area contributed by atoms with Crippen molar-refractivity contribution in [1.29, 1.82) is 0 Å². The first-order valence-electron chi connectivity index (χ1n) is 6.11. The third-order valence-corrected chi connectivity index (χ3v) is 2.29. The maximum Gasteiger partial charge on any atom is 0.422 e. The number of nitrogens with zero attached hydrogens (tertiary/aromatic N) is 1. The number of hydrogen-bond donors (Lipinski definition) is 1. The molecule has 0 bridgehead atoms. The molecule has 0 radical (unpaired) electrons. The summed E-state index contributed by atoms with van der Waals surface area (Å²) < 4.78 is 4.69. The van der Waals surface area contributed by atoms with Crippen LogP contribution in [-0.2, 0) is 9.53 Å². The molecule has 104 valence electrons. The second-order valence-corrected chi connectivity index (χ2v) is 5.43. The number of esters is 1. The Bertz CT molecular complexity index is 438. The fourth-order valence-corrected chi connectivity index (χ4v) is 1.54. The molecule has 19 heavy (non-hydrogen) atoms. The molecule has 0 heterocycles. The zero-order valence-electron chi connectivity index (χ0n) is 11.6. The van der Waals surface area contributed by atoms with E-state index in [0.29, 0.717) is 12.2 Å². The van der Waals surface area contributed by atoms with Crippen molar-refractivity contribution in [2.75, 3.05) is 18.0 Å². The highest BCUT2D eigenvalue weighted by atomic mass is 16.6. The summed E-state index contributed by atoms with van der Waals surface area (Å²) in [4.78, 5) is 24.6. The first-order chi connectivity index (χ1) is 8.83. The van der Waals surface area contributed by atoms with E-state index in [0.717, 1.165) is 0 Å². The average molecular weight is 264 g/mol. The molecule has 0 unspecified atom stereocenters. The highest BCUT2D eigenvalue weighted by molar-refractivity contribution is 5.95. The highest BCUT2D eigenvalue weighted by Gasteiger charge is 2.25. The number of carbonyl (C=O) groups excluding carboxylic acids is 2. The number of benzene rings is 1. The Morgan fingerprint density at radius 2 is 1.79 bits per heavy atom. The number of hydrogen-bond acceptors (Lipinski definition) is 4. The Balaban J connectivity index is 2.93. The normalized spacial score (nSPS) is 10.9. The van der Waals surface area contributed by atoms with Crippen LogP contribution in [0.5, 0.6) is 0 Å². The lowest BCUT2D eigenvalue weighted by Gasteiger charge is -2.29. The lowest BCUT2D eigenvalue weighted by molar-refractivity contribution is -0.135. The molecule has 1 aromatic rings. The molecular weight excluding hydrogens is 244 g/mol. The monoisotopic (exact) mass is 264 g/mol. The van der Waals surface area contributed by atoms with Crippen molar-refractivity contribution >= 4 is 17.7 Å². The molecule has 0 saturated heterocycles. The molecule has 5 heteroatoms. The van der Waals surface area contributed by atoms with Gasteiger partial charge >= 0.3 is 12.1 Å². The summed E-state index contributed by atoms with van der Waals surface area (Å²) in [6.07, 6.45) is -0.698. The van der Waals surface area contributed by atoms with Crippen molar-refractivity contribution in [2.45, 2.75) is 20.8 Å². The summed E-state index contributed by atoms with van der Waals surface area (Å²) in [5.41, 5.74) is 5.70. The zero-order chi connectivity index (χ0) is 14.5. The number of amides is 1. The molecule has 1 amide bonds. The maximum atomic E-state index is 12.0. The van der Waals surface area contributed by atoms with E-state index >= 15 is 0 Å². The smallest absolute Gasteiger partial charge is 0.375 e. The standard InChI is InChI=1S/C14H20N2O3/c1-14(2,3)10-16(11-7-5-4-6-8-11)13(18)19-12(17)9-15/h4-8H,9-10,15H2,1-3H3. The highest BCUT2D eigenvalue weighted by Crippen LogP contribution is 2.22. The van der Waals surface area contributed by atoms with Gasteiger partial charge in [-0.1, -0.05) is 39.0 Å². The maximum absolute atomic E-state index is 12.0. The Morgan fingerprint density at radius 1 is 1.21 bits per heavy atom. The number of ether oxygens (including phenoxy) is 1. The van der Waals surface area contributed by atoms with Gasteiger partial charge in [-0.3, -0.25) is 9.69 Å². The Kier molecular flexibility index (Phi) is 5.06. The van der Waals surface area contributed by atoms with E-state index in [9.17, 15) is 9.59 Å². The summed E-state index contributed by atoms with van der Waals surface area (Å²) in [6, 6.07) is 9.08. The van der Waals surface area contributed by atoms with Crippen LogP contribution in [0.15, 0.2) is 30.3 Å². The van der Waals surface area contributed by atoms with Gasteiger partial charge in [0.15, 0.2) is 0 Å². The van der Waals surface area contributed by atoms with E-state index in [4.69, 9.17) is 5.73 Å². The molecule has 1 aromatic carbocycles. The summed E-state index contributed by atoms with van der Waals surface area (Å²) in [5, 5.41) is 0. The van der Waals surface area contributed by atoms with Crippen molar-refractivity contribution in [3.05, 3.63) is 30.3 Å². The second kappa shape index (κ2) is 6.33. The van der Waals surface area contributed by atoms with Gasteiger partial charge in [-0.2, -0.15) is 0 Å². The third kappa shape index (κ3) is 5.09. The molecule has 0 saturated carbocycles. The molecule has 0 spiro atoms. The van der Waals surface area contributed by atoms with Crippen LogP contribution in [0, 0.1) is 5.41 Å². The van der Waals surface area contributed by atoms with E-state index in [1.165, 1.54) is 4.90 Å². The number of para-hydroxylation sites is 1. The quantitative estimate of drug-likeness (QED) is 0.670. The molecule has 1 rings (SSSR count). The van der Waals surface area contributed by atoms with Gasteiger partial charge in [-0.25, -0.2) is 4.79 Å². The van der Waals surface area contributed by atoms with Gasteiger partial charge in [0.05, 0.1) is 6.54 Å². The van der Waals surface area contributed by atoms with Gasteiger partial charge < -0.3 is 10.5 Å². The first kappa shape index (κ1) is 15.2. The third-order valence-electron chi connectivity index (χ3n) is 2.29. The molecule has 0 aliphatic rings. The molecule has 2 N–H and O–H groups in total. The van der Waals surface area contributed by atoms with Crippen LogP contribution < -0.4 is 10.6 Å². The van der Waals surface area contributed by atoms with Gasteiger partial charge in [0, 0.05) is 12.2 Å². The van der Waals surface area contributed by atoms with Crippen LogP contribution in [-0.4, -0.2) is 25.2 Å². The van der Waals surface area contributed by atoms with Crippen LogP contribution in [0.25, 0.3) is 0 Å². The van der Waals surface area contributed by atoms with E-state index in [2.05, 4.69) is 4.74 Å². The van der Waals surface area contributed by atoms with E-state index < -0.39 is 12.1 Å². The summed E-state index contributed by atoms with van der Waals surface area (Å²) >= 11 is 0. The van der Waals surface area contributed by atoms with Crippen LogP contribution in [0.3, 0.4) is 0 Å². The first-order valence-corrected chi connectivity index (χ1v) is 6.11. The van der Waals surface area contributed by atoms with Crippen LogP contribution in [0.2, 0.25) is 0 Å². The van der Waals surface area contributed by atoms with Crippen molar-refractivity contribution in [1.82, 2.24) is 0 Å². The molecule has 0 aromatic heterocycles. The lowest BCUT2D eigenvalue weighted by Crippen LogP contribution is -2.40. The van der Waals surface area contributed by atoms with Crippen LogP contribution in [0.4, 0.5) is 10.5 Å².